The fraction of sp³-hybridized carbons (Fsp3) is 0.914. The molecule has 1 N–H and O–H groups in total. The zero-order valence-corrected chi connectivity index (χ0v) is 26.1. The van der Waals surface area contributed by atoms with Gasteiger partial charge in [0.25, 0.3) is 5.82 Å². The van der Waals surface area contributed by atoms with Gasteiger partial charge in [-0.1, -0.05) is 168 Å². The molecule has 0 aromatic carbocycles. The van der Waals surface area contributed by atoms with Crippen molar-refractivity contribution in [2.45, 2.75) is 207 Å². The second-order valence-corrected chi connectivity index (χ2v) is 12.2. The van der Waals surface area contributed by atoms with Gasteiger partial charge in [0.2, 0.25) is 0 Å². The van der Waals surface area contributed by atoms with E-state index in [9.17, 15) is 0 Å². The molecular formula is C35H69N2+. The van der Waals surface area contributed by atoms with Gasteiger partial charge in [-0.15, -0.1) is 0 Å². The molecule has 37 heavy (non-hydrogen) atoms. The third kappa shape index (κ3) is 18.2. The van der Waals surface area contributed by atoms with E-state index in [1.807, 2.05) is 0 Å². The molecule has 1 heterocycles. The summed E-state index contributed by atoms with van der Waals surface area (Å²) in [5.41, 5.74) is 0. The van der Waals surface area contributed by atoms with Gasteiger partial charge < -0.3 is 0 Å². The summed E-state index contributed by atoms with van der Waals surface area (Å²) >= 11 is 0. The molecule has 0 amide bonds. The maximum atomic E-state index is 3.67. The van der Waals surface area contributed by atoms with Gasteiger partial charge in [-0.25, -0.2) is 9.55 Å². The predicted octanol–water partition coefficient (Wildman–Crippen LogP) is 12.1. The minimum atomic E-state index is 0.615. The Bertz CT molecular complexity index is 578. The Morgan fingerprint density at radius 3 is 1.27 bits per heavy atom. The van der Waals surface area contributed by atoms with E-state index in [2.05, 4.69) is 49.6 Å². The van der Waals surface area contributed by atoms with Crippen LogP contribution in [0.3, 0.4) is 0 Å². The van der Waals surface area contributed by atoms with Crippen LogP contribution in [-0.2, 0) is 0 Å². The van der Waals surface area contributed by atoms with Crippen molar-refractivity contribution in [3.8, 4) is 0 Å². The SMILES string of the molecule is CCCCCCCCCCCCCCCCCCC(CCCCCCCC)c1[nH]cc[n+]1C(C)CCC. The van der Waals surface area contributed by atoms with Gasteiger partial charge in [0.1, 0.15) is 12.4 Å². The van der Waals surface area contributed by atoms with Gasteiger partial charge in [0, 0.05) is 0 Å². The van der Waals surface area contributed by atoms with Gasteiger partial charge in [-0.3, -0.25) is 0 Å². The lowest BCUT2D eigenvalue weighted by molar-refractivity contribution is -0.727. The maximum absolute atomic E-state index is 3.67. The Morgan fingerprint density at radius 2 is 0.892 bits per heavy atom. The number of hydrogen-bond donors (Lipinski definition) is 1. The summed E-state index contributed by atoms with van der Waals surface area (Å²) in [4.78, 5) is 3.67. The fourth-order valence-electron chi connectivity index (χ4n) is 6.16. The highest BCUT2D eigenvalue weighted by molar-refractivity contribution is 4.90. The highest BCUT2D eigenvalue weighted by Crippen LogP contribution is 2.27. The number of hydrogen-bond acceptors (Lipinski definition) is 0. The number of H-pyrrole nitrogens is 1. The molecule has 2 atom stereocenters. The monoisotopic (exact) mass is 518 g/mol. The van der Waals surface area contributed by atoms with Crippen molar-refractivity contribution in [2.24, 2.45) is 0 Å². The van der Waals surface area contributed by atoms with Crippen LogP contribution in [0.25, 0.3) is 0 Å². The first-order valence-electron chi connectivity index (χ1n) is 17.3. The lowest BCUT2D eigenvalue weighted by Gasteiger charge is -2.17. The van der Waals surface area contributed by atoms with Crippen molar-refractivity contribution >= 4 is 0 Å². The number of aromatic nitrogens is 2. The lowest BCUT2D eigenvalue weighted by Crippen LogP contribution is -2.41. The normalized spacial score (nSPS) is 13.3. The molecular weight excluding hydrogens is 448 g/mol. The molecule has 0 radical (unpaired) electrons. The summed E-state index contributed by atoms with van der Waals surface area (Å²) in [5, 5.41) is 0. The zero-order valence-electron chi connectivity index (χ0n) is 26.1. The van der Waals surface area contributed by atoms with Crippen LogP contribution < -0.4 is 4.57 Å². The number of rotatable bonds is 28. The topological polar surface area (TPSA) is 19.7 Å². The van der Waals surface area contributed by atoms with Gasteiger partial charge in [-0.05, 0) is 26.2 Å². The Kier molecular flexibility index (Phi) is 23.6. The summed E-state index contributed by atoms with van der Waals surface area (Å²) in [6.07, 6.45) is 41.4. The van der Waals surface area contributed by atoms with E-state index in [0.717, 1.165) is 0 Å². The van der Waals surface area contributed by atoms with Crippen molar-refractivity contribution in [2.75, 3.05) is 0 Å². The van der Waals surface area contributed by atoms with Crippen LogP contribution in [0.4, 0.5) is 0 Å². The van der Waals surface area contributed by atoms with Crippen molar-refractivity contribution in [3.05, 3.63) is 18.2 Å². The summed E-state index contributed by atoms with van der Waals surface area (Å²) in [7, 11) is 0. The third-order valence-corrected chi connectivity index (χ3v) is 8.62. The summed E-state index contributed by atoms with van der Waals surface area (Å²) < 4.78 is 2.57. The molecule has 0 aliphatic carbocycles. The fourth-order valence-corrected chi connectivity index (χ4v) is 6.16. The van der Waals surface area contributed by atoms with E-state index in [1.165, 1.54) is 173 Å². The second kappa shape index (κ2) is 25.5. The first kappa shape index (κ1) is 34.2. The summed E-state index contributed by atoms with van der Waals surface area (Å²) in [5.74, 6) is 2.22. The maximum Gasteiger partial charge on any atom is 0.257 e. The molecule has 0 saturated heterocycles. The van der Waals surface area contributed by atoms with E-state index >= 15 is 0 Å². The van der Waals surface area contributed by atoms with Crippen molar-refractivity contribution in [1.82, 2.24) is 4.98 Å². The van der Waals surface area contributed by atoms with Crippen LogP contribution in [0.2, 0.25) is 0 Å². The number of nitrogens with one attached hydrogen (secondary N) is 1. The summed E-state index contributed by atoms with van der Waals surface area (Å²) in [6.45, 7) is 9.34. The average molecular weight is 518 g/mol. The average Bonchev–Trinajstić information content (AvgIpc) is 3.39. The van der Waals surface area contributed by atoms with Gasteiger partial charge >= 0.3 is 0 Å². The van der Waals surface area contributed by atoms with Crippen molar-refractivity contribution < 1.29 is 4.57 Å². The van der Waals surface area contributed by atoms with Crippen LogP contribution in [-0.4, -0.2) is 4.98 Å². The second-order valence-electron chi connectivity index (χ2n) is 12.2. The standard InChI is InChI=1S/C35H68N2/c1-5-8-10-12-14-15-16-17-18-19-20-21-22-23-25-27-30-34(29-26-24-13-11-9-6-2)35-36-31-32-37(35)33(4)28-7-3/h31-34H,5-30H2,1-4H3/p+1. The zero-order chi connectivity index (χ0) is 26.8. The first-order valence-corrected chi connectivity index (χ1v) is 17.3. The number of imidazole rings is 1. The lowest BCUT2D eigenvalue weighted by atomic mass is 9.93. The van der Waals surface area contributed by atoms with E-state index in [1.54, 1.807) is 0 Å². The molecule has 218 valence electrons. The molecule has 0 bridgehead atoms. The Labute approximate surface area is 234 Å². The van der Waals surface area contributed by atoms with Crippen LogP contribution >= 0.6 is 0 Å². The largest absolute Gasteiger partial charge is 0.257 e. The molecule has 1 aromatic heterocycles. The number of nitrogens with zero attached hydrogens (tertiary/aromatic N) is 1. The van der Waals surface area contributed by atoms with Crippen LogP contribution in [0.1, 0.15) is 212 Å². The Morgan fingerprint density at radius 1 is 0.514 bits per heavy atom. The van der Waals surface area contributed by atoms with Gasteiger partial charge in [0.05, 0.1) is 12.0 Å². The molecule has 1 aromatic rings. The van der Waals surface area contributed by atoms with E-state index in [4.69, 9.17) is 0 Å². The third-order valence-electron chi connectivity index (χ3n) is 8.62. The summed E-state index contributed by atoms with van der Waals surface area (Å²) in [6, 6.07) is 0.615. The minimum absolute atomic E-state index is 0.615. The highest BCUT2D eigenvalue weighted by Gasteiger charge is 2.25. The molecule has 0 saturated carbocycles. The molecule has 1 rings (SSSR count). The minimum Gasteiger partial charge on any atom is -0.247 e. The first-order chi connectivity index (χ1) is 18.2. The van der Waals surface area contributed by atoms with Crippen molar-refractivity contribution in [1.29, 1.82) is 0 Å². The molecule has 0 aliphatic rings. The quantitative estimate of drug-likeness (QED) is 0.0842. The molecule has 2 nitrogen and oxygen atoms in total. The van der Waals surface area contributed by atoms with Crippen LogP contribution in [0.5, 0.6) is 0 Å². The van der Waals surface area contributed by atoms with Crippen LogP contribution in [0, 0.1) is 0 Å². The molecule has 0 fully saturated rings. The molecule has 2 unspecified atom stereocenters. The molecule has 0 aliphatic heterocycles. The van der Waals surface area contributed by atoms with Crippen molar-refractivity contribution in [3.63, 3.8) is 0 Å². The van der Waals surface area contributed by atoms with E-state index in [-0.39, 0.29) is 0 Å². The predicted molar refractivity (Wildman–Crippen MR) is 166 cm³/mol. The van der Waals surface area contributed by atoms with E-state index < -0.39 is 0 Å². The Balaban J connectivity index is 2.19. The van der Waals surface area contributed by atoms with Gasteiger partial charge in [0.15, 0.2) is 0 Å². The smallest absolute Gasteiger partial charge is 0.247 e. The van der Waals surface area contributed by atoms with Gasteiger partial charge in [-0.2, -0.15) is 0 Å². The van der Waals surface area contributed by atoms with Crippen LogP contribution in [0.15, 0.2) is 12.4 Å². The molecule has 0 spiro atoms. The van der Waals surface area contributed by atoms with E-state index in [0.29, 0.717) is 12.0 Å². The molecule has 2 heteroatoms. The highest BCUT2D eigenvalue weighted by atomic mass is 15.1. The number of unbranched alkanes of at least 4 members (excludes halogenated alkanes) is 20. The number of aromatic amines is 1. The Hall–Kier alpha value is -0.790.